The van der Waals surface area contributed by atoms with Gasteiger partial charge in [-0.25, -0.2) is 0 Å². The molecular weight excluding hydrogens is 368 g/mol. The van der Waals surface area contributed by atoms with Gasteiger partial charge in [-0.15, -0.1) is 0 Å². The van der Waals surface area contributed by atoms with Crippen LogP contribution in [-0.2, 0) is 4.79 Å². The number of phenols is 1. The number of anilines is 2. The number of rotatable bonds is 4. The van der Waals surface area contributed by atoms with E-state index in [9.17, 15) is 9.90 Å². The van der Waals surface area contributed by atoms with E-state index in [1.807, 2.05) is 43.3 Å². The first-order valence-corrected chi connectivity index (χ1v) is 9.05. The topological polar surface area (TPSA) is 53.0 Å². The van der Waals surface area contributed by atoms with E-state index in [1.165, 1.54) is 29.8 Å². The third-order valence-electron chi connectivity index (χ3n) is 3.92. The number of carbonyl (C=O) groups excluding carboxylic acids is 1. The molecule has 5 nitrogen and oxygen atoms in total. The summed E-state index contributed by atoms with van der Waals surface area (Å²) in [6, 6.07) is 12.6. The predicted molar refractivity (Wildman–Crippen MR) is 111 cm³/mol. The van der Waals surface area contributed by atoms with Crippen LogP contribution in [0.4, 0.5) is 11.4 Å². The summed E-state index contributed by atoms with van der Waals surface area (Å²) in [5.41, 5.74) is 2.54. The molecular formula is C19H18N2O3S2. The summed E-state index contributed by atoms with van der Waals surface area (Å²) in [6.07, 6.45) is 1.75. The molecule has 7 heteroatoms. The number of methoxy groups -OCH3 is 1. The van der Waals surface area contributed by atoms with Crippen molar-refractivity contribution in [3.05, 3.63) is 52.9 Å². The van der Waals surface area contributed by atoms with Crippen LogP contribution in [0.2, 0.25) is 0 Å². The molecule has 1 heterocycles. The molecule has 2 aromatic carbocycles. The molecule has 1 fully saturated rings. The van der Waals surface area contributed by atoms with Crippen molar-refractivity contribution in [3.8, 4) is 11.5 Å². The second-order valence-electron chi connectivity index (χ2n) is 5.86. The predicted octanol–water partition coefficient (Wildman–Crippen LogP) is 3.87. The van der Waals surface area contributed by atoms with Crippen molar-refractivity contribution in [2.24, 2.45) is 0 Å². The van der Waals surface area contributed by atoms with Crippen LogP contribution in [0.1, 0.15) is 5.56 Å². The Hall–Kier alpha value is -2.51. The molecule has 1 saturated heterocycles. The fraction of sp³-hybridized carbons (Fsp3) is 0.158. The van der Waals surface area contributed by atoms with Gasteiger partial charge in [0.2, 0.25) is 0 Å². The second-order valence-corrected chi connectivity index (χ2v) is 7.53. The van der Waals surface area contributed by atoms with Crippen molar-refractivity contribution >= 4 is 51.7 Å². The number of amides is 1. The van der Waals surface area contributed by atoms with Crippen molar-refractivity contribution in [2.75, 3.05) is 31.0 Å². The molecule has 0 unspecified atom stereocenters. The van der Waals surface area contributed by atoms with Crippen molar-refractivity contribution < 1.29 is 14.6 Å². The minimum Gasteiger partial charge on any atom is -0.504 e. The minimum atomic E-state index is -0.162. The lowest BCUT2D eigenvalue weighted by Gasteiger charge is -2.17. The molecule has 0 atom stereocenters. The molecule has 0 saturated carbocycles. The van der Waals surface area contributed by atoms with E-state index in [0.29, 0.717) is 15.0 Å². The van der Waals surface area contributed by atoms with E-state index >= 15 is 0 Å². The number of benzene rings is 2. The zero-order chi connectivity index (χ0) is 18.8. The lowest BCUT2D eigenvalue weighted by molar-refractivity contribution is -0.113. The molecule has 0 aromatic heterocycles. The van der Waals surface area contributed by atoms with Gasteiger partial charge in [0.15, 0.2) is 15.8 Å². The first-order chi connectivity index (χ1) is 12.4. The third kappa shape index (κ3) is 3.54. The Bertz CT molecular complexity index is 892. The average Bonchev–Trinajstić information content (AvgIpc) is 2.90. The molecule has 1 aliphatic heterocycles. The van der Waals surface area contributed by atoms with E-state index in [-0.39, 0.29) is 11.7 Å². The Morgan fingerprint density at radius 2 is 1.88 bits per heavy atom. The maximum Gasteiger partial charge on any atom is 0.270 e. The van der Waals surface area contributed by atoms with E-state index in [2.05, 4.69) is 0 Å². The zero-order valence-electron chi connectivity index (χ0n) is 14.6. The number of aromatic hydroxyl groups is 1. The second kappa shape index (κ2) is 7.39. The Balaban J connectivity index is 1.89. The van der Waals surface area contributed by atoms with Gasteiger partial charge in [-0.3, -0.25) is 9.69 Å². The number of thioether (sulfide) groups is 1. The first kappa shape index (κ1) is 18.3. The highest BCUT2D eigenvalue weighted by molar-refractivity contribution is 8.27. The summed E-state index contributed by atoms with van der Waals surface area (Å²) in [5.74, 6) is 0.247. The fourth-order valence-corrected chi connectivity index (χ4v) is 3.82. The van der Waals surface area contributed by atoms with Crippen molar-refractivity contribution in [1.82, 2.24) is 0 Å². The number of ether oxygens (including phenoxy) is 1. The summed E-state index contributed by atoms with van der Waals surface area (Å²) in [6.45, 7) is 0. The zero-order valence-corrected chi connectivity index (χ0v) is 16.2. The highest BCUT2D eigenvalue weighted by atomic mass is 32.2. The molecule has 26 heavy (non-hydrogen) atoms. The number of hydrogen-bond acceptors (Lipinski definition) is 6. The Labute approximate surface area is 161 Å². The van der Waals surface area contributed by atoms with Crippen LogP contribution < -0.4 is 14.5 Å². The summed E-state index contributed by atoms with van der Waals surface area (Å²) < 4.78 is 5.60. The van der Waals surface area contributed by atoms with Crippen LogP contribution in [0.5, 0.6) is 11.5 Å². The Morgan fingerprint density at radius 3 is 2.50 bits per heavy atom. The molecule has 0 bridgehead atoms. The van der Waals surface area contributed by atoms with Gasteiger partial charge in [0.05, 0.1) is 17.7 Å². The summed E-state index contributed by atoms with van der Waals surface area (Å²) >= 11 is 6.65. The van der Waals surface area contributed by atoms with Crippen molar-refractivity contribution in [2.45, 2.75) is 0 Å². The van der Waals surface area contributed by atoms with Crippen LogP contribution in [0.25, 0.3) is 6.08 Å². The standard InChI is InChI=1S/C19H18N2O3S2/c1-20(2)13-5-7-14(8-6-13)21-18(23)17(26-19(21)25)11-12-4-9-15(22)16(10-12)24-3/h4-11,22H,1-3H3/b17-11+. The van der Waals surface area contributed by atoms with Gasteiger partial charge < -0.3 is 14.7 Å². The largest absolute Gasteiger partial charge is 0.504 e. The van der Waals surface area contributed by atoms with Gasteiger partial charge in [0, 0.05) is 19.8 Å². The number of nitrogens with zero attached hydrogens (tertiary/aromatic N) is 2. The van der Waals surface area contributed by atoms with Crippen LogP contribution in [0.3, 0.4) is 0 Å². The van der Waals surface area contributed by atoms with E-state index < -0.39 is 0 Å². The maximum absolute atomic E-state index is 12.8. The Kier molecular flexibility index (Phi) is 5.20. The molecule has 1 aliphatic rings. The van der Waals surface area contributed by atoms with Crippen molar-refractivity contribution in [1.29, 1.82) is 0 Å². The summed E-state index contributed by atoms with van der Waals surface area (Å²) in [7, 11) is 5.41. The molecule has 134 valence electrons. The molecule has 1 N–H and O–H groups in total. The van der Waals surface area contributed by atoms with Crippen LogP contribution in [-0.4, -0.2) is 36.5 Å². The number of hydrogen-bond donors (Lipinski definition) is 1. The van der Waals surface area contributed by atoms with Gasteiger partial charge in [-0.1, -0.05) is 30.0 Å². The summed E-state index contributed by atoms with van der Waals surface area (Å²) in [5, 5.41) is 9.69. The van der Waals surface area contributed by atoms with Gasteiger partial charge in [-0.05, 0) is 48.0 Å². The lowest BCUT2D eigenvalue weighted by atomic mass is 10.2. The third-order valence-corrected chi connectivity index (χ3v) is 5.22. The minimum absolute atomic E-state index is 0.0539. The van der Waals surface area contributed by atoms with Crippen LogP contribution in [0, 0.1) is 0 Å². The molecule has 1 amide bonds. The highest BCUT2D eigenvalue weighted by Gasteiger charge is 2.33. The van der Waals surface area contributed by atoms with E-state index in [1.54, 1.807) is 18.2 Å². The van der Waals surface area contributed by atoms with E-state index in [0.717, 1.165) is 16.9 Å². The SMILES string of the molecule is COc1cc(/C=C2/SC(=S)N(c3ccc(N(C)C)cc3)C2=O)ccc1O. The van der Waals surface area contributed by atoms with Crippen molar-refractivity contribution in [3.63, 3.8) is 0 Å². The quantitative estimate of drug-likeness (QED) is 0.636. The first-order valence-electron chi connectivity index (χ1n) is 7.83. The number of thiocarbonyl (C=S) groups is 1. The summed E-state index contributed by atoms with van der Waals surface area (Å²) in [4.78, 5) is 16.9. The Morgan fingerprint density at radius 1 is 1.19 bits per heavy atom. The van der Waals surface area contributed by atoms with Gasteiger partial charge in [0.1, 0.15) is 0 Å². The van der Waals surface area contributed by atoms with Crippen LogP contribution >= 0.6 is 24.0 Å². The molecule has 0 radical (unpaired) electrons. The fourth-order valence-electron chi connectivity index (χ4n) is 2.53. The van der Waals surface area contributed by atoms with Gasteiger partial charge in [-0.2, -0.15) is 0 Å². The lowest BCUT2D eigenvalue weighted by Crippen LogP contribution is -2.27. The smallest absolute Gasteiger partial charge is 0.270 e. The van der Waals surface area contributed by atoms with Gasteiger partial charge >= 0.3 is 0 Å². The maximum atomic E-state index is 12.8. The molecule has 0 spiro atoms. The number of phenolic OH excluding ortho intramolecular Hbond substituents is 1. The van der Waals surface area contributed by atoms with Gasteiger partial charge in [0.25, 0.3) is 5.91 Å². The molecule has 2 aromatic rings. The van der Waals surface area contributed by atoms with Crippen LogP contribution in [0.15, 0.2) is 47.4 Å². The molecule has 3 rings (SSSR count). The normalized spacial score (nSPS) is 15.7. The number of carbonyl (C=O) groups is 1. The average molecular weight is 386 g/mol. The highest BCUT2D eigenvalue weighted by Crippen LogP contribution is 2.37. The molecule has 0 aliphatic carbocycles. The van der Waals surface area contributed by atoms with E-state index in [4.69, 9.17) is 17.0 Å². The monoisotopic (exact) mass is 386 g/mol.